The molecule has 25 heavy (non-hydrogen) atoms. The van der Waals surface area contributed by atoms with Crippen molar-refractivity contribution in [3.05, 3.63) is 72.3 Å². The predicted octanol–water partition coefficient (Wildman–Crippen LogP) is 3.11. The number of amides is 1. The SMILES string of the molecule is COc1ccc(C(=O)N(C)C(C)c2ccc(-n3cncn3)cc2)cc1. The molecule has 0 aliphatic rings. The van der Waals surface area contributed by atoms with E-state index in [2.05, 4.69) is 10.1 Å². The Morgan fingerprint density at radius 1 is 1.12 bits per heavy atom. The van der Waals surface area contributed by atoms with Crippen molar-refractivity contribution in [2.24, 2.45) is 0 Å². The van der Waals surface area contributed by atoms with Crippen LogP contribution in [0.3, 0.4) is 0 Å². The summed E-state index contributed by atoms with van der Waals surface area (Å²) in [5.41, 5.74) is 2.61. The van der Waals surface area contributed by atoms with Crippen molar-refractivity contribution in [3.63, 3.8) is 0 Å². The molecule has 0 spiro atoms. The Labute approximate surface area is 146 Å². The molecule has 1 heterocycles. The summed E-state index contributed by atoms with van der Waals surface area (Å²) in [5, 5.41) is 4.11. The van der Waals surface area contributed by atoms with E-state index in [1.807, 2.05) is 38.2 Å². The molecule has 1 unspecified atom stereocenters. The van der Waals surface area contributed by atoms with Gasteiger partial charge in [-0.2, -0.15) is 5.10 Å². The highest BCUT2D eigenvalue weighted by Crippen LogP contribution is 2.22. The van der Waals surface area contributed by atoms with Crippen LogP contribution in [0, 0.1) is 0 Å². The van der Waals surface area contributed by atoms with E-state index in [0.717, 1.165) is 17.0 Å². The van der Waals surface area contributed by atoms with Crippen LogP contribution >= 0.6 is 0 Å². The number of ether oxygens (including phenoxy) is 1. The Balaban J connectivity index is 1.74. The molecule has 0 N–H and O–H groups in total. The first-order chi connectivity index (χ1) is 12.1. The Kier molecular flexibility index (Phi) is 4.79. The van der Waals surface area contributed by atoms with E-state index in [0.29, 0.717) is 5.56 Å². The number of methoxy groups -OCH3 is 1. The predicted molar refractivity (Wildman–Crippen MR) is 94.9 cm³/mol. The third kappa shape index (κ3) is 3.52. The summed E-state index contributed by atoms with van der Waals surface area (Å²) in [5.74, 6) is 0.700. The van der Waals surface area contributed by atoms with Gasteiger partial charge < -0.3 is 9.64 Å². The monoisotopic (exact) mass is 336 g/mol. The summed E-state index contributed by atoms with van der Waals surface area (Å²) in [6, 6.07) is 15.0. The molecular formula is C19H20N4O2. The number of carbonyl (C=O) groups excluding carboxylic acids is 1. The average Bonchev–Trinajstić information content (AvgIpc) is 3.21. The summed E-state index contributed by atoms with van der Waals surface area (Å²) < 4.78 is 6.83. The summed E-state index contributed by atoms with van der Waals surface area (Å²) in [6.45, 7) is 2.01. The fourth-order valence-electron chi connectivity index (χ4n) is 2.58. The highest BCUT2D eigenvalue weighted by atomic mass is 16.5. The van der Waals surface area contributed by atoms with Gasteiger partial charge in [0, 0.05) is 12.6 Å². The lowest BCUT2D eigenvalue weighted by molar-refractivity contribution is 0.0742. The quantitative estimate of drug-likeness (QED) is 0.718. The molecule has 1 atom stereocenters. The van der Waals surface area contributed by atoms with Gasteiger partial charge >= 0.3 is 0 Å². The van der Waals surface area contributed by atoms with Gasteiger partial charge in [-0.05, 0) is 48.9 Å². The number of rotatable bonds is 5. The molecule has 0 saturated heterocycles. The number of hydrogen-bond donors (Lipinski definition) is 0. The van der Waals surface area contributed by atoms with Gasteiger partial charge in [-0.25, -0.2) is 9.67 Å². The van der Waals surface area contributed by atoms with Crippen LogP contribution < -0.4 is 4.74 Å². The highest BCUT2D eigenvalue weighted by Gasteiger charge is 2.19. The van der Waals surface area contributed by atoms with Crippen LogP contribution in [0.1, 0.15) is 28.9 Å². The third-order valence-corrected chi connectivity index (χ3v) is 4.30. The number of aromatic nitrogens is 3. The van der Waals surface area contributed by atoms with Crippen molar-refractivity contribution in [3.8, 4) is 11.4 Å². The van der Waals surface area contributed by atoms with E-state index in [1.165, 1.54) is 6.33 Å². The lowest BCUT2D eigenvalue weighted by Crippen LogP contribution is -2.29. The molecule has 1 aromatic heterocycles. The molecule has 0 fully saturated rings. The molecule has 1 amide bonds. The summed E-state index contributed by atoms with van der Waals surface area (Å²) in [6.07, 6.45) is 3.15. The largest absolute Gasteiger partial charge is 0.497 e. The van der Waals surface area contributed by atoms with Crippen LogP contribution in [0.25, 0.3) is 5.69 Å². The standard InChI is InChI=1S/C19H20N4O2/c1-14(15-4-8-17(9-5-15)23-13-20-12-21-23)22(2)19(24)16-6-10-18(25-3)11-7-16/h4-14H,1-3H3. The number of nitrogens with zero attached hydrogens (tertiary/aromatic N) is 4. The molecule has 128 valence electrons. The maximum absolute atomic E-state index is 12.7. The first-order valence-electron chi connectivity index (χ1n) is 7.96. The third-order valence-electron chi connectivity index (χ3n) is 4.30. The maximum atomic E-state index is 12.7. The van der Waals surface area contributed by atoms with Crippen LogP contribution in [0.15, 0.2) is 61.2 Å². The topological polar surface area (TPSA) is 60.2 Å². The van der Waals surface area contributed by atoms with E-state index < -0.39 is 0 Å². The smallest absolute Gasteiger partial charge is 0.254 e. The average molecular weight is 336 g/mol. The second kappa shape index (κ2) is 7.17. The minimum atomic E-state index is -0.0561. The molecule has 0 aliphatic carbocycles. The van der Waals surface area contributed by atoms with Crippen LogP contribution in [-0.4, -0.2) is 39.7 Å². The molecule has 3 aromatic rings. The molecular weight excluding hydrogens is 316 g/mol. The minimum absolute atomic E-state index is 0.0319. The second-order valence-corrected chi connectivity index (χ2v) is 5.75. The Bertz CT molecular complexity index is 827. The van der Waals surface area contributed by atoms with Gasteiger partial charge in [0.25, 0.3) is 5.91 Å². The number of carbonyl (C=O) groups is 1. The van der Waals surface area contributed by atoms with Crippen molar-refractivity contribution >= 4 is 5.91 Å². The van der Waals surface area contributed by atoms with Gasteiger partial charge in [0.05, 0.1) is 18.8 Å². The normalized spacial score (nSPS) is 11.8. The molecule has 3 rings (SSSR count). The summed E-state index contributed by atoms with van der Waals surface area (Å²) in [7, 11) is 3.41. The van der Waals surface area contributed by atoms with Crippen molar-refractivity contribution in [2.75, 3.05) is 14.2 Å². The first-order valence-corrected chi connectivity index (χ1v) is 7.96. The zero-order valence-electron chi connectivity index (χ0n) is 14.5. The van der Waals surface area contributed by atoms with E-state index >= 15 is 0 Å². The van der Waals surface area contributed by atoms with Gasteiger partial charge in [-0.15, -0.1) is 0 Å². The maximum Gasteiger partial charge on any atom is 0.254 e. The Hall–Kier alpha value is -3.15. The number of hydrogen-bond acceptors (Lipinski definition) is 4. The van der Waals surface area contributed by atoms with Crippen molar-refractivity contribution in [2.45, 2.75) is 13.0 Å². The molecule has 2 aromatic carbocycles. The van der Waals surface area contributed by atoms with Crippen LogP contribution in [0.4, 0.5) is 0 Å². The van der Waals surface area contributed by atoms with Crippen LogP contribution in [-0.2, 0) is 0 Å². The summed E-state index contributed by atoms with van der Waals surface area (Å²) in [4.78, 5) is 18.3. The zero-order chi connectivity index (χ0) is 17.8. The van der Waals surface area contributed by atoms with E-state index in [1.54, 1.807) is 47.3 Å². The van der Waals surface area contributed by atoms with Gasteiger partial charge in [0.15, 0.2) is 0 Å². The van der Waals surface area contributed by atoms with Crippen molar-refractivity contribution < 1.29 is 9.53 Å². The van der Waals surface area contributed by atoms with E-state index in [9.17, 15) is 4.79 Å². The minimum Gasteiger partial charge on any atom is -0.497 e. The lowest BCUT2D eigenvalue weighted by atomic mass is 10.1. The van der Waals surface area contributed by atoms with E-state index in [4.69, 9.17) is 4.74 Å². The molecule has 6 nitrogen and oxygen atoms in total. The van der Waals surface area contributed by atoms with Crippen molar-refractivity contribution in [1.82, 2.24) is 19.7 Å². The fraction of sp³-hybridized carbons (Fsp3) is 0.211. The fourth-order valence-corrected chi connectivity index (χ4v) is 2.58. The second-order valence-electron chi connectivity index (χ2n) is 5.75. The van der Waals surface area contributed by atoms with Gasteiger partial charge in [0.2, 0.25) is 0 Å². The molecule has 0 saturated carbocycles. The van der Waals surface area contributed by atoms with Crippen LogP contribution in [0.2, 0.25) is 0 Å². The van der Waals surface area contributed by atoms with Gasteiger partial charge in [-0.1, -0.05) is 12.1 Å². The van der Waals surface area contributed by atoms with Crippen LogP contribution in [0.5, 0.6) is 5.75 Å². The first kappa shape index (κ1) is 16.7. The highest BCUT2D eigenvalue weighted by molar-refractivity contribution is 5.94. The van der Waals surface area contributed by atoms with Gasteiger partial charge in [-0.3, -0.25) is 4.79 Å². The lowest BCUT2D eigenvalue weighted by Gasteiger charge is -2.25. The van der Waals surface area contributed by atoms with Gasteiger partial charge in [0.1, 0.15) is 18.4 Å². The Morgan fingerprint density at radius 3 is 2.36 bits per heavy atom. The molecule has 0 radical (unpaired) electrons. The zero-order valence-corrected chi connectivity index (χ0v) is 14.5. The molecule has 0 aliphatic heterocycles. The molecule has 6 heteroatoms. The van der Waals surface area contributed by atoms with E-state index in [-0.39, 0.29) is 11.9 Å². The summed E-state index contributed by atoms with van der Waals surface area (Å²) >= 11 is 0. The van der Waals surface area contributed by atoms with Crippen molar-refractivity contribution in [1.29, 1.82) is 0 Å². The Morgan fingerprint density at radius 2 is 1.80 bits per heavy atom. The number of benzene rings is 2. The molecule has 0 bridgehead atoms.